The van der Waals surface area contributed by atoms with E-state index in [0.29, 0.717) is 30.7 Å². The molecule has 3 rings (SSSR count). The molecule has 0 aliphatic carbocycles. The number of rotatable bonds is 11. The van der Waals surface area contributed by atoms with Crippen molar-refractivity contribution in [2.24, 2.45) is 0 Å². The van der Waals surface area contributed by atoms with E-state index in [1.807, 2.05) is 11.5 Å². The van der Waals surface area contributed by atoms with Crippen LogP contribution in [0.15, 0.2) is 29.4 Å². The molecular formula is C21H30FN5O3S. The molecule has 0 bridgehead atoms. The van der Waals surface area contributed by atoms with Crippen molar-refractivity contribution in [1.82, 2.24) is 25.0 Å². The highest BCUT2D eigenvalue weighted by Gasteiger charge is 2.21. The molecule has 2 aromatic rings. The van der Waals surface area contributed by atoms with Crippen molar-refractivity contribution in [1.29, 1.82) is 0 Å². The van der Waals surface area contributed by atoms with E-state index < -0.39 is 0 Å². The maximum atomic E-state index is 13.4. The second-order valence-electron chi connectivity index (χ2n) is 7.32. The van der Waals surface area contributed by atoms with Gasteiger partial charge in [0.2, 0.25) is 5.91 Å². The first-order chi connectivity index (χ1) is 15.1. The van der Waals surface area contributed by atoms with Gasteiger partial charge in [0.25, 0.3) is 0 Å². The van der Waals surface area contributed by atoms with Crippen LogP contribution in [0.1, 0.15) is 13.3 Å². The fraction of sp³-hybridized carbons (Fsp3) is 0.571. The first kappa shape index (κ1) is 23.6. The zero-order valence-electron chi connectivity index (χ0n) is 18.1. The van der Waals surface area contributed by atoms with Crippen LogP contribution in [0.25, 0.3) is 11.4 Å². The topological polar surface area (TPSA) is 81.5 Å². The van der Waals surface area contributed by atoms with Crippen molar-refractivity contribution in [3.63, 3.8) is 0 Å². The summed E-state index contributed by atoms with van der Waals surface area (Å²) in [5.41, 5.74) is 0.791. The minimum Gasteiger partial charge on any atom is -0.385 e. The molecule has 31 heavy (non-hydrogen) atoms. The van der Waals surface area contributed by atoms with Gasteiger partial charge in [0.1, 0.15) is 5.82 Å². The average Bonchev–Trinajstić information content (AvgIpc) is 3.18. The Morgan fingerprint density at radius 1 is 1.26 bits per heavy atom. The number of aromatic nitrogens is 3. The maximum Gasteiger partial charge on any atom is 0.233 e. The zero-order valence-corrected chi connectivity index (χ0v) is 18.9. The van der Waals surface area contributed by atoms with E-state index in [2.05, 4.69) is 20.4 Å². The Hall–Kier alpha value is -2.01. The molecule has 1 aromatic carbocycles. The van der Waals surface area contributed by atoms with Crippen molar-refractivity contribution in [2.75, 3.05) is 53.1 Å². The second kappa shape index (κ2) is 12.1. The minimum absolute atomic E-state index is 0.0489. The third-order valence-corrected chi connectivity index (χ3v) is 6.12. The molecule has 8 nitrogen and oxygen atoms in total. The van der Waals surface area contributed by atoms with E-state index >= 15 is 0 Å². The molecule has 1 N–H and O–H groups in total. The van der Waals surface area contributed by atoms with E-state index in [1.165, 1.54) is 23.9 Å². The normalized spacial score (nSPS) is 15.7. The van der Waals surface area contributed by atoms with Gasteiger partial charge in [-0.2, -0.15) is 0 Å². The van der Waals surface area contributed by atoms with E-state index in [-0.39, 0.29) is 17.0 Å². The summed E-state index contributed by atoms with van der Waals surface area (Å²) >= 11 is 1.38. The SMILES string of the molecule is COCCCNC(=O)C(C)Sc1nnc(-c2ccc(F)cc2)n1CCN1CCOCC1. The molecule has 1 saturated heterocycles. The molecule has 1 aromatic heterocycles. The van der Waals surface area contributed by atoms with Gasteiger partial charge in [0.05, 0.1) is 18.5 Å². The molecule has 0 radical (unpaired) electrons. The molecule has 170 valence electrons. The predicted molar refractivity (Wildman–Crippen MR) is 117 cm³/mol. The lowest BCUT2D eigenvalue weighted by molar-refractivity contribution is -0.120. The van der Waals surface area contributed by atoms with Crippen LogP contribution in [-0.4, -0.2) is 83.9 Å². The molecular weight excluding hydrogens is 421 g/mol. The van der Waals surface area contributed by atoms with Crippen LogP contribution in [0.5, 0.6) is 0 Å². The van der Waals surface area contributed by atoms with Crippen LogP contribution >= 0.6 is 11.8 Å². The average molecular weight is 452 g/mol. The number of methoxy groups -OCH3 is 1. The number of nitrogens with one attached hydrogen (secondary N) is 1. The number of carbonyl (C=O) groups is 1. The molecule has 10 heteroatoms. The Labute approximate surface area is 186 Å². The zero-order chi connectivity index (χ0) is 22.1. The Balaban J connectivity index is 1.71. The van der Waals surface area contributed by atoms with Gasteiger partial charge in [0.15, 0.2) is 11.0 Å². The smallest absolute Gasteiger partial charge is 0.233 e. The molecule has 1 fully saturated rings. The first-order valence-electron chi connectivity index (χ1n) is 10.5. The number of thioether (sulfide) groups is 1. The van der Waals surface area contributed by atoms with Crippen molar-refractivity contribution >= 4 is 17.7 Å². The van der Waals surface area contributed by atoms with Crippen LogP contribution < -0.4 is 5.32 Å². The summed E-state index contributed by atoms with van der Waals surface area (Å²) in [6.45, 7) is 7.76. The lowest BCUT2D eigenvalue weighted by atomic mass is 10.2. The third-order valence-electron chi connectivity index (χ3n) is 5.04. The highest BCUT2D eigenvalue weighted by Crippen LogP contribution is 2.27. The summed E-state index contributed by atoms with van der Waals surface area (Å²) < 4.78 is 25.8. The summed E-state index contributed by atoms with van der Waals surface area (Å²) in [5.74, 6) is 0.326. The number of hydrogen-bond donors (Lipinski definition) is 1. The van der Waals surface area contributed by atoms with Crippen molar-refractivity contribution in [2.45, 2.75) is 30.3 Å². The number of halogens is 1. The number of benzene rings is 1. The van der Waals surface area contributed by atoms with Crippen LogP contribution in [0.3, 0.4) is 0 Å². The van der Waals surface area contributed by atoms with Gasteiger partial charge in [0, 0.05) is 52.0 Å². The molecule has 1 aliphatic heterocycles. The van der Waals surface area contributed by atoms with E-state index in [1.54, 1.807) is 19.2 Å². The first-order valence-corrected chi connectivity index (χ1v) is 11.4. The van der Waals surface area contributed by atoms with Crippen LogP contribution in [0.4, 0.5) is 4.39 Å². The fourth-order valence-corrected chi connectivity index (χ4v) is 4.14. The highest BCUT2D eigenvalue weighted by atomic mass is 32.2. The predicted octanol–water partition coefficient (Wildman–Crippen LogP) is 2.05. The third kappa shape index (κ3) is 6.99. The number of amides is 1. The van der Waals surface area contributed by atoms with Gasteiger partial charge in [-0.05, 0) is 37.6 Å². The van der Waals surface area contributed by atoms with Gasteiger partial charge >= 0.3 is 0 Å². The van der Waals surface area contributed by atoms with Crippen molar-refractivity contribution in [3.05, 3.63) is 30.1 Å². The van der Waals surface area contributed by atoms with Gasteiger partial charge in [-0.3, -0.25) is 9.69 Å². The summed E-state index contributed by atoms with van der Waals surface area (Å²) in [7, 11) is 1.64. The summed E-state index contributed by atoms with van der Waals surface area (Å²) in [6, 6.07) is 6.23. The van der Waals surface area contributed by atoms with E-state index in [9.17, 15) is 9.18 Å². The molecule has 0 spiro atoms. The highest BCUT2D eigenvalue weighted by molar-refractivity contribution is 8.00. The Kier molecular flexibility index (Phi) is 9.26. The van der Waals surface area contributed by atoms with Crippen molar-refractivity contribution < 1.29 is 18.7 Å². The van der Waals surface area contributed by atoms with Gasteiger partial charge in [-0.1, -0.05) is 11.8 Å². The van der Waals surface area contributed by atoms with E-state index in [4.69, 9.17) is 9.47 Å². The number of hydrogen-bond acceptors (Lipinski definition) is 7. The Morgan fingerprint density at radius 3 is 2.71 bits per heavy atom. The molecule has 1 amide bonds. The number of carbonyl (C=O) groups excluding carboxylic acids is 1. The standard InChI is InChI=1S/C21H30FN5O3S/c1-16(20(28)23-8-3-13-29-2)31-21-25-24-19(17-4-6-18(22)7-5-17)27(21)10-9-26-11-14-30-15-12-26/h4-7,16H,3,8-15H2,1-2H3,(H,23,28). The number of morpholine rings is 1. The van der Waals surface area contributed by atoms with Gasteiger partial charge < -0.3 is 19.4 Å². The molecule has 2 heterocycles. The van der Waals surface area contributed by atoms with Gasteiger partial charge in [-0.25, -0.2) is 4.39 Å². The molecule has 1 atom stereocenters. The van der Waals surface area contributed by atoms with Crippen LogP contribution in [0, 0.1) is 5.82 Å². The van der Waals surface area contributed by atoms with E-state index in [0.717, 1.165) is 44.8 Å². The number of nitrogens with zero attached hydrogens (tertiary/aromatic N) is 4. The second-order valence-corrected chi connectivity index (χ2v) is 8.62. The Morgan fingerprint density at radius 2 is 2.00 bits per heavy atom. The quantitative estimate of drug-likeness (QED) is 0.414. The fourth-order valence-electron chi connectivity index (χ4n) is 3.24. The maximum absolute atomic E-state index is 13.4. The lowest BCUT2D eigenvalue weighted by Crippen LogP contribution is -2.38. The summed E-state index contributed by atoms with van der Waals surface area (Å²) in [4.78, 5) is 14.8. The van der Waals surface area contributed by atoms with Crippen molar-refractivity contribution in [3.8, 4) is 11.4 Å². The van der Waals surface area contributed by atoms with Gasteiger partial charge in [-0.15, -0.1) is 10.2 Å². The monoisotopic (exact) mass is 451 g/mol. The summed E-state index contributed by atoms with van der Waals surface area (Å²) in [5, 5.41) is 12.0. The van der Waals surface area contributed by atoms with Crippen LogP contribution in [0.2, 0.25) is 0 Å². The number of ether oxygens (including phenoxy) is 2. The summed E-state index contributed by atoms with van der Waals surface area (Å²) in [6.07, 6.45) is 0.768. The van der Waals surface area contributed by atoms with Crippen LogP contribution in [-0.2, 0) is 20.8 Å². The molecule has 0 saturated carbocycles. The Bertz CT molecular complexity index is 827. The lowest BCUT2D eigenvalue weighted by Gasteiger charge is -2.27. The molecule has 1 aliphatic rings. The largest absolute Gasteiger partial charge is 0.385 e. The molecule has 1 unspecified atom stereocenters. The minimum atomic E-state index is -0.324.